The number of hydrogen-bond donors (Lipinski definition) is 1. The zero-order chi connectivity index (χ0) is 11.3. The number of nitrogens with two attached hydrogens (primary N) is 1. The van der Waals surface area contributed by atoms with Crippen molar-refractivity contribution in [3.63, 3.8) is 0 Å². The Labute approximate surface area is 95.0 Å². The predicted octanol–water partition coefficient (Wildman–Crippen LogP) is 0.956. The van der Waals surface area contributed by atoms with Crippen molar-refractivity contribution in [3.05, 3.63) is 16.8 Å². The maximum absolute atomic E-state index is 11.5. The number of rotatable bonds is 4. The number of allylic oxidation sites excluding steroid dienone is 2. The van der Waals surface area contributed by atoms with E-state index in [4.69, 9.17) is 11.0 Å². The molecule has 15 heavy (non-hydrogen) atoms. The molecule has 0 aromatic carbocycles. The van der Waals surface area contributed by atoms with E-state index in [1.165, 1.54) is 30.0 Å². The fourth-order valence-electron chi connectivity index (χ4n) is 0.796. The van der Waals surface area contributed by atoms with Gasteiger partial charge in [0, 0.05) is 5.70 Å². The number of ketones is 1. The van der Waals surface area contributed by atoms with Crippen LogP contribution in [-0.4, -0.2) is 21.7 Å². The van der Waals surface area contributed by atoms with E-state index < -0.39 is 0 Å². The van der Waals surface area contributed by atoms with Gasteiger partial charge in [0.1, 0.15) is 17.2 Å². The molecule has 0 saturated carbocycles. The monoisotopic (exact) mass is 240 g/mol. The number of aromatic nitrogens is 2. The molecule has 0 atom stereocenters. The van der Waals surface area contributed by atoms with Gasteiger partial charge in [-0.15, -0.1) is 10.2 Å². The van der Waals surface area contributed by atoms with Gasteiger partial charge in [-0.3, -0.25) is 4.79 Å². The van der Waals surface area contributed by atoms with Gasteiger partial charge in [-0.1, -0.05) is 23.1 Å². The maximum atomic E-state index is 11.5. The third-order valence-electron chi connectivity index (χ3n) is 1.45. The number of nitriles is 1. The lowest BCUT2D eigenvalue weighted by atomic mass is 10.2. The van der Waals surface area contributed by atoms with E-state index in [0.717, 1.165) is 0 Å². The summed E-state index contributed by atoms with van der Waals surface area (Å²) in [6.45, 7) is 1.53. The number of nitrogens with zero attached hydrogens (tertiary/aromatic N) is 3. The second-order valence-corrected chi connectivity index (χ2v) is 4.64. The van der Waals surface area contributed by atoms with E-state index in [-0.39, 0.29) is 22.8 Å². The van der Waals surface area contributed by atoms with Crippen LogP contribution in [0.5, 0.6) is 0 Å². The third-order valence-corrected chi connectivity index (χ3v) is 3.31. The molecule has 0 radical (unpaired) electrons. The summed E-state index contributed by atoms with van der Waals surface area (Å²) in [6.07, 6.45) is 0. The van der Waals surface area contributed by atoms with Crippen LogP contribution in [0.15, 0.2) is 21.1 Å². The standard InChI is InChI=1S/C8H8N4OS2/c1-5(10)6(2-9)7(13)3-14-8-12-11-4-15-8/h4H,3,10H2,1H3/b6-5+. The van der Waals surface area contributed by atoms with Crippen LogP contribution in [0.25, 0.3) is 0 Å². The van der Waals surface area contributed by atoms with Crippen LogP contribution in [-0.2, 0) is 4.79 Å². The Balaban J connectivity index is 2.58. The number of Topliss-reactive ketones (excluding diaryl/α,β-unsaturated/α-hetero) is 1. The largest absolute Gasteiger partial charge is 0.401 e. The first-order valence-electron chi connectivity index (χ1n) is 3.93. The molecule has 0 spiro atoms. The van der Waals surface area contributed by atoms with Crippen LogP contribution >= 0.6 is 23.1 Å². The van der Waals surface area contributed by atoms with Gasteiger partial charge >= 0.3 is 0 Å². The van der Waals surface area contributed by atoms with Gasteiger partial charge in [-0.25, -0.2) is 0 Å². The van der Waals surface area contributed by atoms with Crippen molar-refractivity contribution < 1.29 is 4.79 Å². The number of thioether (sulfide) groups is 1. The Morgan fingerprint density at radius 1 is 1.80 bits per heavy atom. The molecular formula is C8H8N4OS2. The Morgan fingerprint density at radius 2 is 2.53 bits per heavy atom. The highest BCUT2D eigenvalue weighted by Gasteiger charge is 2.12. The minimum atomic E-state index is -0.280. The average Bonchev–Trinajstić information content (AvgIpc) is 2.67. The molecule has 0 aliphatic heterocycles. The topological polar surface area (TPSA) is 92.7 Å². The van der Waals surface area contributed by atoms with Gasteiger partial charge in [-0.2, -0.15) is 5.26 Å². The summed E-state index contributed by atoms with van der Waals surface area (Å²) in [6, 6.07) is 1.79. The second kappa shape index (κ2) is 5.48. The van der Waals surface area contributed by atoms with E-state index in [2.05, 4.69) is 10.2 Å². The molecular weight excluding hydrogens is 232 g/mol. The van der Waals surface area contributed by atoms with Gasteiger partial charge in [-0.05, 0) is 6.92 Å². The van der Waals surface area contributed by atoms with Crippen molar-refractivity contribution in [2.75, 3.05) is 5.75 Å². The maximum Gasteiger partial charge on any atom is 0.185 e. The molecule has 1 aromatic rings. The minimum Gasteiger partial charge on any atom is -0.401 e. The normalized spacial score (nSPS) is 11.7. The first-order valence-corrected chi connectivity index (χ1v) is 5.80. The Kier molecular flexibility index (Phi) is 4.27. The summed E-state index contributed by atoms with van der Waals surface area (Å²) >= 11 is 2.60. The summed E-state index contributed by atoms with van der Waals surface area (Å²) in [7, 11) is 0. The lowest BCUT2D eigenvalue weighted by molar-refractivity contribution is -0.112. The van der Waals surface area contributed by atoms with E-state index in [0.29, 0.717) is 4.34 Å². The molecule has 0 aliphatic carbocycles. The van der Waals surface area contributed by atoms with Gasteiger partial charge in [0.15, 0.2) is 10.1 Å². The smallest absolute Gasteiger partial charge is 0.185 e. The second-order valence-electron chi connectivity index (χ2n) is 2.59. The molecule has 78 valence electrons. The summed E-state index contributed by atoms with van der Waals surface area (Å²) in [4.78, 5) is 11.5. The highest BCUT2D eigenvalue weighted by molar-refractivity contribution is 8.01. The Bertz CT molecular complexity index is 414. The van der Waals surface area contributed by atoms with E-state index in [1.807, 2.05) is 0 Å². The SMILES string of the molecule is C/C(N)=C(/C#N)C(=O)CSc1nncs1. The first-order chi connectivity index (χ1) is 7.15. The number of hydrogen-bond acceptors (Lipinski definition) is 7. The van der Waals surface area contributed by atoms with Crippen LogP contribution < -0.4 is 5.73 Å². The van der Waals surface area contributed by atoms with Gasteiger partial charge in [0.2, 0.25) is 0 Å². The van der Waals surface area contributed by atoms with Crippen LogP contribution in [0.3, 0.4) is 0 Å². The van der Waals surface area contributed by atoms with Crippen LogP contribution in [0.1, 0.15) is 6.92 Å². The van der Waals surface area contributed by atoms with Crippen molar-refractivity contribution in [3.8, 4) is 6.07 Å². The summed E-state index contributed by atoms with van der Waals surface area (Å²) < 4.78 is 0.704. The molecule has 0 amide bonds. The van der Waals surface area contributed by atoms with Crippen molar-refractivity contribution in [2.45, 2.75) is 11.3 Å². The molecule has 0 bridgehead atoms. The number of carbonyl (C=O) groups excluding carboxylic acids is 1. The first kappa shape index (κ1) is 11.7. The Morgan fingerprint density at radius 3 is 3.00 bits per heavy atom. The van der Waals surface area contributed by atoms with Gasteiger partial charge < -0.3 is 5.73 Å². The van der Waals surface area contributed by atoms with Crippen LogP contribution in [0.2, 0.25) is 0 Å². The molecule has 1 aromatic heterocycles. The molecule has 7 heteroatoms. The molecule has 0 unspecified atom stereocenters. The molecule has 0 aliphatic rings. The van der Waals surface area contributed by atoms with Crippen molar-refractivity contribution in [1.29, 1.82) is 5.26 Å². The molecule has 0 fully saturated rings. The molecule has 0 saturated heterocycles. The van der Waals surface area contributed by atoms with Crippen molar-refractivity contribution >= 4 is 28.9 Å². The molecule has 1 rings (SSSR count). The van der Waals surface area contributed by atoms with Crippen LogP contribution in [0, 0.1) is 11.3 Å². The molecule has 1 heterocycles. The molecule has 2 N–H and O–H groups in total. The minimum absolute atomic E-state index is 0.0204. The van der Waals surface area contributed by atoms with E-state index >= 15 is 0 Å². The number of carbonyl (C=O) groups is 1. The average molecular weight is 240 g/mol. The third kappa shape index (κ3) is 3.34. The van der Waals surface area contributed by atoms with Gasteiger partial charge in [0.05, 0.1) is 5.75 Å². The quantitative estimate of drug-likeness (QED) is 0.478. The predicted molar refractivity (Wildman–Crippen MR) is 58.1 cm³/mol. The Hall–Kier alpha value is -1.39. The van der Waals surface area contributed by atoms with Crippen LogP contribution in [0.4, 0.5) is 0 Å². The zero-order valence-electron chi connectivity index (χ0n) is 7.93. The fourth-order valence-corrected chi connectivity index (χ4v) is 2.16. The lowest BCUT2D eigenvalue weighted by Gasteiger charge is -1.98. The van der Waals surface area contributed by atoms with E-state index in [9.17, 15) is 4.79 Å². The molecule has 5 nitrogen and oxygen atoms in total. The fraction of sp³-hybridized carbons (Fsp3) is 0.250. The lowest BCUT2D eigenvalue weighted by Crippen LogP contribution is -2.10. The van der Waals surface area contributed by atoms with Gasteiger partial charge in [0.25, 0.3) is 0 Å². The highest BCUT2D eigenvalue weighted by atomic mass is 32.2. The summed E-state index contributed by atoms with van der Waals surface area (Å²) in [5.74, 6) is -0.121. The zero-order valence-corrected chi connectivity index (χ0v) is 9.56. The summed E-state index contributed by atoms with van der Waals surface area (Å²) in [5.41, 5.74) is 7.25. The summed E-state index contributed by atoms with van der Waals surface area (Å²) in [5, 5.41) is 16.1. The van der Waals surface area contributed by atoms with Crippen molar-refractivity contribution in [2.24, 2.45) is 5.73 Å². The van der Waals surface area contributed by atoms with E-state index in [1.54, 1.807) is 11.6 Å². The van der Waals surface area contributed by atoms with Crippen molar-refractivity contribution in [1.82, 2.24) is 10.2 Å². The highest BCUT2D eigenvalue weighted by Crippen LogP contribution is 2.19.